The zero-order valence-electron chi connectivity index (χ0n) is 10.2. The van der Waals surface area contributed by atoms with E-state index in [1.165, 1.54) is 0 Å². The summed E-state index contributed by atoms with van der Waals surface area (Å²) in [5.41, 5.74) is -0.128. The first-order valence-corrected chi connectivity index (χ1v) is 6.82. The number of aromatic nitrogens is 2. The lowest BCUT2D eigenvalue weighted by atomic mass is 9.88. The Balaban J connectivity index is 3.20. The maximum atomic E-state index is 5.98. The fraction of sp³-hybridized carbons (Fsp3) is 0.636. The van der Waals surface area contributed by atoms with Crippen LogP contribution in [0, 0.1) is 5.41 Å². The molecule has 17 heavy (non-hydrogen) atoms. The van der Waals surface area contributed by atoms with Crippen LogP contribution in [0.1, 0.15) is 39.6 Å². The first-order chi connectivity index (χ1) is 7.77. The molecular weight excluding hydrogens is 327 g/mol. The fourth-order valence-corrected chi connectivity index (χ4v) is 1.98. The molecule has 0 aliphatic heterocycles. The van der Waals surface area contributed by atoms with Crippen LogP contribution >= 0.6 is 39.1 Å². The van der Waals surface area contributed by atoms with Gasteiger partial charge in [-0.3, -0.25) is 0 Å². The molecule has 1 aromatic rings. The molecule has 0 aromatic carbocycles. The Bertz CT molecular complexity index is 384. The van der Waals surface area contributed by atoms with Crippen molar-refractivity contribution < 1.29 is 4.74 Å². The number of halogens is 3. The van der Waals surface area contributed by atoms with Gasteiger partial charge >= 0.3 is 0 Å². The second-order valence-corrected chi connectivity index (χ2v) is 6.19. The molecule has 0 amide bonds. The first kappa shape index (κ1) is 15.2. The van der Waals surface area contributed by atoms with Crippen molar-refractivity contribution >= 4 is 39.1 Å². The van der Waals surface area contributed by atoms with Gasteiger partial charge in [0.2, 0.25) is 0 Å². The molecule has 3 nitrogen and oxygen atoms in total. The highest BCUT2D eigenvalue weighted by atomic mass is 79.9. The molecule has 96 valence electrons. The van der Waals surface area contributed by atoms with Crippen LogP contribution in [-0.4, -0.2) is 16.6 Å². The molecule has 1 unspecified atom stereocenters. The first-order valence-electron chi connectivity index (χ1n) is 5.27. The lowest BCUT2D eigenvalue weighted by Crippen LogP contribution is -2.23. The van der Waals surface area contributed by atoms with E-state index < -0.39 is 0 Å². The SMILES string of the molecule is CCOC(c1nc(Cl)c(Br)c(Cl)n1)C(C)(C)C. The van der Waals surface area contributed by atoms with Gasteiger partial charge in [0, 0.05) is 6.61 Å². The quantitative estimate of drug-likeness (QED) is 0.749. The topological polar surface area (TPSA) is 35.0 Å². The second-order valence-electron chi connectivity index (χ2n) is 4.68. The highest BCUT2D eigenvalue weighted by Gasteiger charge is 2.30. The summed E-state index contributed by atoms with van der Waals surface area (Å²) in [5, 5.41) is 0.600. The average Bonchev–Trinajstić information content (AvgIpc) is 2.20. The molecule has 1 aromatic heterocycles. The van der Waals surface area contributed by atoms with Gasteiger partial charge in [-0.1, -0.05) is 44.0 Å². The van der Waals surface area contributed by atoms with Crippen LogP contribution in [0.15, 0.2) is 4.47 Å². The van der Waals surface area contributed by atoms with Crippen molar-refractivity contribution in [3.63, 3.8) is 0 Å². The van der Waals surface area contributed by atoms with Gasteiger partial charge in [-0.25, -0.2) is 9.97 Å². The molecule has 0 fully saturated rings. The highest BCUT2D eigenvalue weighted by molar-refractivity contribution is 9.10. The largest absolute Gasteiger partial charge is 0.370 e. The molecule has 0 aliphatic carbocycles. The van der Waals surface area contributed by atoms with Gasteiger partial charge in [0.05, 0.1) is 4.47 Å². The van der Waals surface area contributed by atoms with E-state index in [4.69, 9.17) is 27.9 Å². The Morgan fingerprint density at radius 1 is 1.24 bits per heavy atom. The van der Waals surface area contributed by atoms with Crippen LogP contribution in [-0.2, 0) is 4.74 Å². The number of hydrogen-bond donors (Lipinski definition) is 0. The normalized spacial score (nSPS) is 13.8. The molecule has 0 spiro atoms. The van der Waals surface area contributed by atoms with Crippen molar-refractivity contribution in [2.75, 3.05) is 6.61 Å². The Hall–Kier alpha value is 0.1000. The summed E-state index contributed by atoms with van der Waals surface area (Å²) in [6.07, 6.45) is -0.240. The molecule has 0 bridgehead atoms. The summed E-state index contributed by atoms with van der Waals surface area (Å²) in [4.78, 5) is 8.43. The van der Waals surface area contributed by atoms with E-state index in [1.54, 1.807) is 0 Å². The van der Waals surface area contributed by atoms with Crippen molar-refractivity contribution in [2.45, 2.75) is 33.8 Å². The third-order valence-corrected chi connectivity index (χ3v) is 3.90. The zero-order valence-corrected chi connectivity index (χ0v) is 13.3. The van der Waals surface area contributed by atoms with E-state index in [1.807, 2.05) is 6.92 Å². The lowest BCUT2D eigenvalue weighted by molar-refractivity contribution is -0.0191. The molecule has 0 N–H and O–H groups in total. The van der Waals surface area contributed by atoms with Crippen molar-refractivity contribution in [2.24, 2.45) is 5.41 Å². The molecule has 0 aliphatic rings. The highest BCUT2D eigenvalue weighted by Crippen LogP contribution is 2.37. The molecule has 1 heterocycles. The van der Waals surface area contributed by atoms with Crippen LogP contribution in [0.25, 0.3) is 0 Å². The summed E-state index contributed by atoms with van der Waals surface area (Å²) < 4.78 is 6.19. The summed E-state index contributed by atoms with van der Waals surface area (Å²) in [7, 11) is 0. The van der Waals surface area contributed by atoms with Gasteiger partial charge < -0.3 is 4.74 Å². The second kappa shape index (κ2) is 5.83. The Labute approximate surface area is 120 Å². The van der Waals surface area contributed by atoms with Crippen LogP contribution in [0.2, 0.25) is 10.3 Å². The smallest absolute Gasteiger partial charge is 0.161 e. The van der Waals surface area contributed by atoms with Gasteiger partial charge in [0.1, 0.15) is 16.4 Å². The number of nitrogens with zero attached hydrogens (tertiary/aromatic N) is 2. The molecule has 1 rings (SSSR count). The minimum absolute atomic E-state index is 0.128. The standard InChI is InChI=1S/C11H15BrCl2N2O/c1-5-17-7(11(2,3)4)10-15-8(13)6(12)9(14)16-10/h7H,5H2,1-4H3. The van der Waals surface area contributed by atoms with Crippen LogP contribution in [0.4, 0.5) is 0 Å². The van der Waals surface area contributed by atoms with E-state index in [0.717, 1.165) is 0 Å². The van der Waals surface area contributed by atoms with Crippen LogP contribution in [0.5, 0.6) is 0 Å². The van der Waals surface area contributed by atoms with E-state index in [-0.39, 0.29) is 11.5 Å². The monoisotopic (exact) mass is 340 g/mol. The maximum absolute atomic E-state index is 5.98. The Morgan fingerprint density at radius 3 is 2.06 bits per heavy atom. The molecule has 1 atom stereocenters. The predicted octanol–water partition coefficient (Wildman–Crippen LogP) is 4.67. The van der Waals surface area contributed by atoms with Crippen molar-refractivity contribution in [3.8, 4) is 0 Å². The summed E-state index contributed by atoms with van der Waals surface area (Å²) in [6, 6.07) is 0. The molecular formula is C11H15BrCl2N2O. The maximum Gasteiger partial charge on any atom is 0.161 e. The molecule has 0 saturated heterocycles. The predicted molar refractivity (Wildman–Crippen MR) is 73.6 cm³/mol. The number of ether oxygens (including phenoxy) is 1. The van der Waals surface area contributed by atoms with Gasteiger partial charge in [0.15, 0.2) is 5.82 Å². The van der Waals surface area contributed by atoms with E-state index in [0.29, 0.717) is 27.2 Å². The van der Waals surface area contributed by atoms with Gasteiger partial charge in [-0.15, -0.1) is 0 Å². The number of rotatable bonds is 3. The summed E-state index contributed by atoms with van der Waals surface area (Å²) in [5.74, 6) is 0.512. The minimum atomic E-state index is -0.240. The Kier molecular flexibility index (Phi) is 5.20. The molecule has 6 heteroatoms. The van der Waals surface area contributed by atoms with Crippen LogP contribution in [0.3, 0.4) is 0 Å². The third-order valence-electron chi connectivity index (χ3n) is 2.14. The minimum Gasteiger partial charge on any atom is -0.370 e. The van der Waals surface area contributed by atoms with Gasteiger partial charge in [0.25, 0.3) is 0 Å². The van der Waals surface area contributed by atoms with E-state index in [9.17, 15) is 0 Å². The third kappa shape index (κ3) is 3.78. The zero-order chi connectivity index (χ0) is 13.2. The van der Waals surface area contributed by atoms with Crippen molar-refractivity contribution in [1.82, 2.24) is 9.97 Å². The van der Waals surface area contributed by atoms with E-state index in [2.05, 4.69) is 46.7 Å². The Morgan fingerprint density at radius 2 is 1.71 bits per heavy atom. The van der Waals surface area contributed by atoms with Gasteiger partial charge in [-0.05, 0) is 28.3 Å². The summed E-state index contributed by atoms with van der Waals surface area (Å²) in [6.45, 7) is 8.68. The summed E-state index contributed by atoms with van der Waals surface area (Å²) >= 11 is 15.2. The lowest BCUT2D eigenvalue weighted by Gasteiger charge is -2.29. The van der Waals surface area contributed by atoms with Crippen LogP contribution < -0.4 is 0 Å². The number of hydrogen-bond acceptors (Lipinski definition) is 3. The van der Waals surface area contributed by atoms with Gasteiger partial charge in [-0.2, -0.15) is 0 Å². The van der Waals surface area contributed by atoms with Crippen molar-refractivity contribution in [3.05, 3.63) is 20.6 Å². The van der Waals surface area contributed by atoms with E-state index >= 15 is 0 Å². The molecule has 0 radical (unpaired) electrons. The molecule has 0 saturated carbocycles. The fourth-order valence-electron chi connectivity index (χ4n) is 1.41. The average molecular weight is 342 g/mol. The van der Waals surface area contributed by atoms with Crippen molar-refractivity contribution in [1.29, 1.82) is 0 Å².